The summed E-state index contributed by atoms with van der Waals surface area (Å²) in [5.41, 5.74) is 2.63. The Labute approximate surface area is 131 Å². The van der Waals surface area contributed by atoms with Gasteiger partial charge < -0.3 is 9.84 Å². The molecule has 0 radical (unpaired) electrons. The number of aliphatic hydroxyl groups excluding tert-OH is 1. The Balaban J connectivity index is 2.04. The molecule has 104 valence electrons. The van der Waals surface area contributed by atoms with Crippen molar-refractivity contribution in [2.24, 2.45) is 0 Å². The maximum Gasteiger partial charge on any atom is 0.128 e. The van der Waals surface area contributed by atoms with Gasteiger partial charge in [-0.3, -0.25) is 0 Å². The Hall–Kier alpha value is -1.03. The minimum Gasteiger partial charge on any atom is -0.493 e. The van der Waals surface area contributed by atoms with Crippen molar-refractivity contribution in [1.29, 1.82) is 0 Å². The number of para-hydroxylation sites is 1. The van der Waals surface area contributed by atoms with Crippen LogP contribution in [-0.4, -0.2) is 11.7 Å². The van der Waals surface area contributed by atoms with Gasteiger partial charge >= 0.3 is 0 Å². The van der Waals surface area contributed by atoms with E-state index < -0.39 is 6.10 Å². The van der Waals surface area contributed by atoms with Gasteiger partial charge in [0.05, 0.1) is 6.61 Å². The standard InChI is InChI=1S/C16H14BrClO2/c17-11-6-7-12(14(18)9-11)15(19)13-5-1-3-10-4-2-8-20-16(10)13/h1,3,5-7,9,15,19H,2,4,8H2. The molecule has 2 nitrogen and oxygen atoms in total. The van der Waals surface area contributed by atoms with E-state index in [2.05, 4.69) is 15.9 Å². The number of rotatable bonds is 2. The van der Waals surface area contributed by atoms with Crippen LogP contribution in [0.1, 0.15) is 29.2 Å². The molecule has 1 N–H and O–H groups in total. The van der Waals surface area contributed by atoms with Crippen LogP contribution in [-0.2, 0) is 6.42 Å². The van der Waals surface area contributed by atoms with Gasteiger partial charge in [0.25, 0.3) is 0 Å². The monoisotopic (exact) mass is 352 g/mol. The molecular formula is C16H14BrClO2. The highest BCUT2D eigenvalue weighted by Crippen LogP contribution is 2.38. The largest absolute Gasteiger partial charge is 0.493 e. The van der Waals surface area contributed by atoms with E-state index in [0.29, 0.717) is 17.2 Å². The third kappa shape index (κ3) is 2.58. The molecular weight excluding hydrogens is 340 g/mol. The molecule has 0 amide bonds. The summed E-state index contributed by atoms with van der Waals surface area (Å²) in [6.45, 7) is 0.699. The molecule has 0 fully saturated rings. The Kier molecular flexibility index (Phi) is 4.01. The van der Waals surface area contributed by atoms with Gasteiger partial charge in [0.15, 0.2) is 0 Å². The number of benzene rings is 2. The predicted molar refractivity (Wildman–Crippen MR) is 83.5 cm³/mol. The molecule has 0 saturated carbocycles. The van der Waals surface area contributed by atoms with Crippen molar-refractivity contribution < 1.29 is 9.84 Å². The van der Waals surface area contributed by atoms with Gasteiger partial charge in [-0.25, -0.2) is 0 Å². The third-order valence-corrected chi connectivity index (χ3v) is 4.34. The molecule has 1 unspecified atom stereocenters. The number of aryl methyl sites for hydroxylation is 1. The Morgan fingerprint density at radius 2 is 2.05 bits per heavy atom. The molecule has 0 aromatic heterocycles. The number of aliphatic hydroxyl groups is 1. The first-order chi connectivity index (χ1) is 9.66. The number of hydrogen-bond donors (Lipinski definition) is 1. The van der Waals surface area contributed by atoms with Crippen molar-refractivity contribution in [3.05, 3.63) is 62.6 Å². The quantitative estimate of drug-likeness (QED) is 0.861. The number of hydrogen-bond acceptors (Lipinski definition) is 2. The molecule has 1 aliphatic heterocycles. The smallest absolute Gasteiger partial charge is 0.128 e. The first-order valence-corrected chi connectivity index (χ1v) is 7.71. The second kappa shape index (κ2) is 5.76. The van der Waals surface area contributed by atoms with E-state index in [1.54, 1.807) is 6.07 Å². The minimum absolute atomic E-state index is 0.542. The summed E-state index contributed by atoms with van der Waals surface area (Å²) in [5.74, 6) is 0.810. The van der Waals surface area contributed by atoms with Crippen molar-refractivity contribution >= 4 is 27.5 Å². The highest BCUT2D eigenvalue weighted by atomic mass is 79.9. The fraction of sp³-hybridized carbons (Fsp3) is 0.250. The van der Waals surface area contributed by atoms with Crippen molar-refractivity contribution in [2.75, 3.05) is 6.61 Å². The lowest BCUT2D eigenvalue weighted by atomic mass is 9.95. The second-order valence-corrected chi connectivity index (χ2v) is 6.18. The zero-order valence-corrected chi connectivity index (χ0v) is 13.1. The third-order valence-electron chi connectivity index (χ3n) is 3.52. The summed E-state index contributed by atoms with van der Waals surface area (Å²) in [6.07, 6.45) is 1.24. The van der Waals surface area contributed by atoms with Gasteiger partial charge in [-0.2, -0.15) is 0 Å². The van der Waals surface area contributed by atoms with Crippen LogP contribution in [0.25, 0.3) is 0 Å². The Morgan fingerprint density at radius 3 is 2.85 bits per heavy atom. The fourth-order valence-electron chi connectivity index (χ4n) is 2.52. The van der Waals surface area contributed by atoms with Gasteiger partial charge in [0.2, 0.25) is 0 Å². The maximum atomic E-state index is 10.6. The van der Waals surface area contributed by atoms with Gasteiger partial charge in [0, 0.05) is 20.6 Å². The van der Waals surface area contributed by atoms with Crippen molar-refractivity contribution in [3.8, 4) is 5.75 Å². The molecule has 2 aromatic rings. The molecule has 4 heteroatoms. The summed E-state index contributed by atoms with van der Waals surface area (Å²) in [5, 5.41) is 11.2. The maximum absolute atomic E-state index is 10.6. The molecule has 0 spiro atoms. The number of fused-ring (bicyclic) bond motifs is 1. The number of halogens is 2. The van der Waals surface area contributed by atoms with Gasteiger partial charge in [-0.05, 0) is 30.5 Å². The molecule has 0 saturated heterocycles. The van der Waals surface area contributed by atoms with E-state index in [4.69, 9.17) is 16.3 Å². The van der Waals surface area contributed by atoms with E-state index >= 15 is 0 Å². The normalized spacial score (nSPS) is 15.3. The van der Waals surface area contributed by atoms with Crippen LogP contribution in [0, 0.1) is 0 Å². The second-order valence-electron chi connectivity index (χ2n) is 4.86. The van der Waals surface area contributed by atoms with Gasteiger partial charge in [-0.15, -0.1) is 0 Å². The van der Waals surface area contributed by atoms with E-state index in [1.807, 2.05) is 30.3 Å². The van der Waals surface area contributed by atoms with Crippen LogP contribution in [0.4, 0.5) is 0 Å². The highest BCUT2D eigenvalue weighted by molar-refractivity contribution is 9.10. The summed E-state index contributed by atoms with van der Waals surface area (Å²) in [7, 11) is 0. The first-order valence-electron chi connectivity index (χ1n) is 6.54. The topological polar surface area (TPSA) is 29.5 Å². The highest BCUT2D eigenvalue weighted by Gasteiger charge is 2.22. The van der Waals surface area contributed by atoms with Crippen LogP contribution in [0.2, 0.25) is 5.02 Å². The van der Waals surface area contributed by atoms with Crippen molar-refractivity contribution in [2.45, 2.75) is 18.9 Å². The van der Waals surface area contributed by atoms with Crippen molar-refractivity contribution in [1.82, 2.24) is 0 Å². The Bertz CT molecular complexity index is 642. The molecule has 3 rings (SSSR count). The lowest BCUT2D eigenvalue weighted by Crippen LogP contribution is -2.12. The van der Waals surface area contributed by atoms with E-state index in [1.165, 1.54) is 0 Å². The zero-order chi connectivity index (χ0) is 14.1. The molecule has 1 aliphatic rings. The summed E-state index contributed by atoms with van der Waals surface area (Å²) >= 11 is 9.60. The van der Waals surface area contributed by atoms with Crippen LogP contribution in [0.5, 0.6) is 5.75 Å². The van der Waals surface area contributed by atoms with Crippen LogP contribution in [0.3, 0.4) is 0 Å². The molecule has 1 heterocycles. The summed E-state index contributed by atoms with van der Waals surface area (Å²) in [4.78, 5) is 0. The molecule has 0 bridgehead atoms. The lowest BCUT2D eigenvalue weighted by Gasteiger charge is -2.23. The molecule has 1 atom stereocenters. The lowest BCUT2D eigenvalue weighted by molar-refractivity contribution is 0.207. The van der Waals surface area contributed by atoms with Crippen LogP contribution < -0.4 is 4.74 Å². The zero-order valence-electron chi connectivity index (χ0n) is 10.8. The average Bonchev–Trinajstić information content (AvgIpc) is 2.46. The summed E-state index contributed by atoms with van der Waals surface area (Å²) < 4.78 is 6.64. The van der Waals surface area contributed by atoms with Gasteiger partial charge in [-0.1, -0.05) is 51.8 Å². The van der Waals surface area contributed by atoms with E-state index in [9.17, 15) is 5.11 Å². The summed E-state index contributed by atoms with van der Waals surface area (Å²) in [6, 6.07) is 11.4. The minimum atomic E-state index is -0.774. The van der Waals surface area contributed by atoms with Crippen LogP contribution >= 0.6 is 27.5 Å². The van der Waals surface area contributed by atoms with Gasteiger partial charge in [0.1, 0.15) is 11.9 Å². The first kappa shape index (κ1) is 13.9. The average molecular weight is 354 g/mol. The van der Waals surface area contributed by atoms with Crippen molar-refractivity contribution in [3.63, 3.8) is 0 Å². The Morgan fingerprint density at radius 1 is 1.20 bits per heavy atom. The van der Waals surface area contributed by atoms with Crippen LogP contribution in [0.15, 0.2) is 40.9 Å². The molecule has 0 aliphatic carbocycles. The fourth-order valence-corrected chi connectivity index (χ4v) is 3.30. The molecule has 2 aromatic carbocycles. The van der Waals surface area contributed by atoms with E-state index in [0.717, 1.165) is 34.2 Å². The molecule has 20 heavy (non-hydrogen) atoms. The number of ether oxygens (including phenoxy) is 1. The predicted octanol–water partition coefficient (Wildman–Crippen LogP) is 4.51. The van der Waals surface area contributed by atoms with E-state index in [-0.39, 0.29) is 0 Å². The SMILES string of the molecule is OC(c1ccc(Br)cc1Cl)c1cccc2c1OCCC2.